The molecule has 1 amide bonds. The van der Waals surface area contributed by atoms with Crippen LogP contribution < -0.4 is 4.90 Å². The van der Waals surface area contributed by atoms with Crippen LogP contribution in [-0.2, 0) is 0 Å². The van der Waals surface area contributed by atoms with Gasteiger partial charge in [0.15, 0.2) is 5.82 Å². The van der Waals surface area contributed by atoms with E-state index in [4.69, 9.17) is 0 Å². The van der Waals surface area contributed by atoms with Gasteiger partial charge in [0.05, 0.1) is 0 Å². The quantitative estimate of drug-likeness (QED) is 0.777. The Morgan fingerprint density at radius 1 is 1.05 bits per heavy atom. The number of benzene rings is 1. The molecule has 102 valence electrons. The lowest BCUT2D eigenvalue weighted by atomic mass is 10.0. The molecule has 1 aliphatic heterocycles. The number of amides is 1. The van der Waals surface area contributed by atoms with Crippen molar-refractivity contribution >= 4 is 11.7 Å². The van der Waals surface area contributed by atoms with Crippen LogP contribution in [0, 0.1) is 0 Å². The van der Waals surface area contributed by atoms with Crippen molar-refractivity contribution in [3.8, 4) is 0 Å². The van der Waals surface area contributed by atoms with Gasteiger partial charge in [0.1, 0.15) is 18.2 Å². The maximum absolute atomic E-state index is 12.7. The van der Waals surface area contributed by atoms with Crippen LogP contribution >= 0.6 is 0 Å². The first-order valence-electron chi connectivity index (χ1n) is 6.55. The van der Waals surface area contributed by atoms with Crippen molar-refractivity contribution in [3.63, 3.8) is 0 Å². The maximum Gasteiger partial charge on any atom is 0.260 e. The minimum Gasteiger partial charge on any atom is -0.278 e. The van der Waals surface area contributed by atoms with E-state index < -0.39 is 0 Å². The molecule has 1 atom stereocenters. The average molecular weight is 277 g/mol. The molecule has 4 rings (SSSR count). The molecule has 21 heavy (non-hydrogen) atoms. The number of H-pyrrole nitrogens is 1. The Balaban J connectivity index is 1.92. The second kappa shape index (κ2) is 4.52. The fraction of sp³-hybridized carbons (Fsp3) is 0.0667. The zero-order valence-electron chi connectivity index (χ0n) is 11.0. The third-order valence-corrected chi connectivity index (χ3v) is 3.55. The summed E-state index contributed by atoms with van der Waals surface area (Å²) >= 11 is 0. The molecule has 0 saturated carbocycles. The summed E-state index contributed by atoms with van der Waals surface area (Å²) in [5.74, 6) is 1.14. The van der Waals surface area contributed by atoms with Crippen molar-refractivity contribution in [1.29, 1.82) is 0 Å². The van der Waals surface area contributed by atoms with Crippen LogP contribution in [0.1, 0.15) is 27.8 Å². The van der Waals surface area contributed by atoms with Crippen LogP contribution in [0.5, 0.6) is 0 Å². The molecule has 6 heteroatoms. The molecule has 6 nitrogen and oxygen atoms in total. The summed E-state index contributed by atoms with van der Waals surface area (Å²) in [5.41, 5.74) is 1.58. The van der Waals surface area contributed by atoms with Gasteiger partial charge in [-0.1, -0.05) is 24.3 Å². The fourth-order valence-corrected chi connectivity index (χ4v) is 2.67. The molecule has 1 aliphatic rings. The molecule has 0 saturated heterocycles. The number of anilines is 1. The Morgan fingerprint density at radius 3 is 2.67 bits per heavy atom. The molecule has 2 aromatic heterocycles. The van der Waals surface area contributed by atoms with Crippen molar-refractivity contribution < 1.29 is 4.79 Å². The first kappa shape index (κ1) is 11.8. The molecule has 1 aromatic carbocycles. The Labute approximate surface area is 120 Å². The standard InChI is InChI=1S/C15H11N5O/c21-15-11-6-2-1-5-10(11)13(14-17-9-18-19-14)20(15)12-7-3-4-8-16-12/h1-9,13H,(H,17,18,19). The van der Waals surface area contributed by atoms with Crippen molar-refractivity contribution in [2.75, 3.05) is 4.90 Å². The number of pyridine rings is 1. The van der Waals surface area contributed by atoms with Crippen LogP contribution in [0.25, 0.3) is 0 Å². The van der Waals surface area contributed by atoms with Crippen LogP contribution in [0.3, 0.4) is 0 Å². The van der Waals surface area contributed by atoms with Gasteiger partial charge in [-0.2, -0.15) is 5.10 Å². The normalized spacial score (nSPS) is 17.0. The number of carbonyl (C=O) groups excluding carboxylic acids is 1. The van der Waals surface area contributed by atoms with Gasteiger partial charge < -0.3 is 0 Å². The molecule has 3 heterocycles. The fourth-order valence-electron chi connectivity index (χ4n) is 2.67. The van der Waals surface area contributed by atoms with Crippen LogP contribution in [0.4, 0.5) is 5.82 Å². The molecule has 1 N–H and O–H groups in total. The summed E-state index contributed by atoms with van der Waals surface area (Å²) in [6.45, 7) is 0. The topological polar surface area (TPSA) is 74.8 Å². The van der Waals surface area contributed by atoms with E-state index in [0.717, 1.165) is 5.56 Å². The number of fused-ring (bicyclic) bond motifs is 1. The first-order chi connectivity index (χ1) is 10.4. The molecule has 0 bridgehead atoms. The Morgan fingerprint density at radius 2 is 1.90 bits per heavy atom. The highest BCUT2D eigenvalue weighted by Gasteiger charge is 2.40. The largest absolute Gasteiger partial charge is 0.278 e. The molecule has 0 aliphatic carbocycles. The van der Waals surface area contributed by atoms with Gasteiger partial charge in [-0.15, -0.1) is 0 Å². The highest BCUT2D eigenvalue weighted by molar-refractivity contribution is 6.11. The van der Waals surface area contributed by atoms with Gasteiger partial charge in [0.25, 0.3) is 5.91 Å². The molecular weight excluding hydrogens is 266 g/mol. The predicted molar refractivity (Wildman–Crippen MR) is 75.7 cm³/mol. The zero-order valence-corrected chi connectivity index (χ0v) is 11.0. The minimum absolute atomic E-state index is 0.0781. The zero-order chi connectivity index (χ0) is 14.2. The highest BCUT2D eigenvalue weighted by atomic mass is 16.2. The van der Waals surface area contributed by atoms with Crippen LogP contribution in [-0.4, -0.2) is 26.1 Å². The van der Waals surface area contributed by atoms with Gasteiger partial charge in [-0.3, -0.25) is 14.8 Å². The van der Waals surface area contributed by atoms with E-state index in [0.29, 0.717) is 17.2 Å². The summed E-state index contributed by atoms with van der Waals surface area (Å²) in [5, 5.41) is 6.76. The van der Waals surface area contributed by atoms with E-state index in [9.17, 15) is 4.79 Å². The van der Waals surface area contributed by atoms with E-state index in [1.165, 1.54) is 6.33 Å². The van der Waals surface area contributed by atoms with Crippen molar-refractivity contribution in [3.05, 3.63) is 71.9 Å². The van der Waals surface area contributed by atoms with Crippen molar-refractivity contribution in [2.24, 2.45) is 0 Å². The maximum atomic E-state index is 12.7. The van der Waals surface area contributed by atoms with Crippen LogP contribution in [0.2, 0.25) is 0 Å². The minimum atomic E-state index is -0.328. The van der Waals surface area contributed by atoms with Gasteiger partial charge in [0.2, 0.25) is 0 Å². The van der Waals surface area contributed by atoms with E-state index in [1.807, 2.05) is 42.5 Å². The number of carbonyl (C=O) groups is 1. The second-order valence-electron chi connectivity index (χ2n) is 4.72. The lowest BCUT2D eigenvalue weighted by Gasteiger charge is -2.22. The number of aromatic amines is 1. The average Bonchev–Trinajstić information content (AvgIpc) is 3.15. The van der Waals surface area contributed by atoms with Crippen molar-refractivity contribution in [1.82, 2.24) is 20.2 Å². The SMILES string of the molecule is O=C1c2ccccc2C(c2ncn[nH]2)N1c1ccccn1. The number of hydrogen-bond donors (Lipinski definition) is 1. The molecule has 3 aromatic rings. The van der Waals surface area contributed by atoms with Gasteiger partial charge >= 0.3 is 0 Å². The third-order valence-electron chi connectivity index (χ3n) is 3.55. The number of nitrogens with one attached hydrogen (secondary N) is 1. The molecule has 1 unspecified atom stereocenters. The smallest absolute Gasteiger partial charge is 0.260 e. The Hall–Kier alpha value is -3.02. The molecular formula is C15H11N5O. The monoisotopic (exact) mass is 277 g/mol. The van der Waals surface area contributed by atoms with Gasteiger partial charge in [-0.05, 0) is 23.8 Å². The number of hydrogen-bond acceptors (Lipinski definition) is 4. The summed E-state index contributed by atoms with van der Waals surface area (Å²) in [7, 11) is 0. The summed E-state index contributed by atoms with van der Waals surface area (Å²) in [6, 6.07) is 12.7. The number of rotatable bonds is 2. The first-order valence-corrected chi connectivity index (χ1v) is 6.55. The second-order valence-corrected chi connectivity index (χ2v) is 4.72. The van der Waals surface area contributed by atoms with Crippen molar-refractivity contribution in [2.45, 2.75) is 6.04 Å². The lowest BCUT2D eigenvalue weighted by Crippen LogP contribution is -2.29. The van der Waals surface area contributed by atoms with Gasteiger partial charge in [-0.25, -0.2) is 9.97 Å². The van der Waals surface area contributed by atoms with Crippen LogP contribution in [0.15, 0.2) is 55.0 Å². The van der Waals surface area contributed by atoms with E-state index in [-0.39, 0.29) is 11.9 Å². The lowest BCUT2D eigenvalue weighted by molar-refractivity contribution is 0.0992. The van der Waals surface area contributed by atoms with E-state index in [2.05, 4.69) is 20.2 Å². The Kier molecular flexibility index (Phi) is 2.53. The summed E-state index contributed by atoms with van der Waals surface area (Å²) in [4.78, 5) is 22.9. The van der Waals surface area contributed by atoms with Gasteiger partial charge in [0, 0.05) is 11.8 Å². The summed E-state index contributed by atoms with van der Waals surface area (Å²) < 4.78 is 0. The predicted octanol–water partition coefficient (Wildman–Crippen LogP) is 1.95. The number of aromatic nitrogens is 4. The summed E-state index contributed by atoms with van der Waals surface area (Å²) in [6.07, 6.45) is 3.11. The molecule has 0 spiro atoms. The Bertz CT molecular complexity index is 785. The highest BCUT2D eigenvalue weighted by Crippen LogP contribution is 2.39. The number of nitrogens with zero attached hydrogens (tertiary/aromatic N) is 4. The molecule has 0 fully saturated rings. The van der Waals surface area contributed by atoms with E-state index >= 15 is 0 Å². The third kappa shape index (κ3) is 1.73. The van der Waals surface area contributed by atoms with E-state index in [1.54, 1.807) is 11.1 Å². The molecule has 0 radical (unpaired) electrons.